The fourth-order valence-corrected chi connectivity index (χ4v) is 2.13. The van der Waals surface area contributed by atoms with E-state index in [4.69, 9.17) is 12.2 Å². The molecule has 1 heterocycles. The molecule has 6 heteroatoms. The van der Waals surface area contributed by atoms with Crippen LogP contribution >= 0.6 is 12.2 Å². The van der Waals surface area contributed by atoms with E-state index in [-0.39, 0.29) is 11.9 Å². The lowest BCUT2D eigenvalue weighted by atomic mass is 10.2. The van der Waals surface area contributed by atoms with Gasteiger partial charge in [-0.05, 0) is 38.4 Å². The normalized spacial score (nSPS) is 16.8. The van der Waals surface area contributed by atoms with Crippen molar-refractivity contribution >= 4 is 18.1 Å². The van der Waals surface area contributed by atoms with E-state index in [0.717, 1.165) is 25.1 Å². The molecule has 2 N–H and O–H groups in total. The average molecular weight is 254 g/mol. The van der Waals surface area contributed by atoms with E-state index in [1.165, 1.54) is 0 Å². The Labute approximate surface area is 106 Å². The van der Waals surface area contributed by atoms with Crippen molar-refractivity contribution in [2.75, 3.05) is 6.54 Å². The van der Waals surface area contributed by atoms with Crippen LogP contribution in [0.4, 0.5) is 0 Å². The predicted molar refractivity (Wildman–Crippen MR) is 67.4 cm³/mol. The van der Waals surface area contributed by atoms with E-state index >= 15 is 0 Å². The van der Waals surface area contributed by atoms with Gasteiger partial charge < -0.3 is 5.32 Å². The predicted octanol–water partition coefficient (Wildman–Crippen LogP) is 1.91. The maximum atomic E-state index is 11.9. The van der Waals surface area contributed by atoms with Gasteiger partial charge in [0.05, 0.1) is 0 Å². The molecule has 2 rings (SSSR count). The molecule has 5 nitrogen and oxygen atoms in total. The Bertz CT molecular complexity index is 460. The molecule has 1 saturated carbocycles. The molecule has 1 aromatic heterocycles. The molecular weight excluding hydrogens is 236 g/mol. The molecule has 1 amide bonds. The van der Waals surface area contributed by atoms with E-state index in [1.54, 1.807) is 0 Å². The molecule has 1 aliphatic carbocycles. The van der Waals surface area contributed by atoms with Crippen molar-refractivity contribution in [3.63, 3.8) is 0 Å². The average Bonchev–Trinajstić information content (AvgIpc) is 3.09. The minimum atomic E-state index is -0.289. The van der Waals surface area contributed by atoms with Crippen LogP contribution in [-0.4, -0.2) is 27.2 Å². The van der Waals surface area contributed by atoms with Crippen LogP contribution in [0.15, 0.2) is 0 Å². The summed E-state index contributed by atoms with van der Waals surface area (Å²) >= 11 is 5.19. The molecule has 0 radical (unpaired) electrons. The Hall–Kier alpha value is -1.17. The summed E-state index contributed by atoms with van der Waals surface area (Å²) in [4.78, 5) is 11.9. The Morgan fingerprint density at radius 1 is 1.71 bits per heavy atom. The zero-order valence-electron chi connectivity index (χ0n) is 10.2. The molecule has 1 aliphatic rings. The minimum absolute atomic E-state index is 0.00579. The van der Waals surface area contributed by atoms with Gasteiger partial charge in [-0.2, -0.15) is 5.10 Å². The Morgan fingerprint density at radius 3 is 3.00 bits per heavy atom. The van der Waals surface area contributed by atoms with Crippen LogP contribution in [0.5, 0.6) is 0 Å². The van der Waals surface area contributed by atoms with Crippen LogP contribution in [0.3, 0.4) is 0 Å². The molecule has 1 atom stereocenters. The van der Waals surface area contributed by atoms with Gasteiger partial charge in [-0.1, -0.05) is 6.92 Å². The Balaban J connectivity index is 2.17. The van der Waals surface area contributed by atoms with E-state index in [1.807, 2.05) is 18.4 Å². The smallest absolute Gasteiger partial charge is 0.242 e. The summed E-state index contributed by atoms with van der Waals surface area (Å²) in [5, 5.41) is 9.90. The lowest BCUT2D eigenvalue weighted by molar-refractivity contribution is -0.123. The summed E-state index contributed by atoms with van der Waals surface area (Å²) in [5.41, 5.74) is 0. The van der Waals surface area contributed by atoms with Gasteiger partial charge in [-0.25, -0.2) is 0 Å². The first-order chi connectivity index (χ1) is 8.15. The van der Waals surface area contributed by atoms with Gasteiger partial charge in [0.25, 0.3) is 0 Å². The van der Waals surface area contributed by atoms with E-state index in [0.29, 0.717) is 17.2 Å². The summed E-state index contributed by atoms with van der Waals surface area (Å²) in [6.07, 6.45) is 3.22. The monoisotopic (exact) mass is 254 g/mol. The maximum Gasteiger partial charge on any atom is 0.242 e. The number of nitrogens with one attached hydrogen (secondary N) is 2. The first kappa shape index (κ1) is 12.3. The minimum Gasteiger partial charge on any atom is -0.354 e. The lowest BCUT2D eigenvalue weighted by Crippen LogP contribution is -2.32. The van der Waals surface area contributed by atoms with Gasteiger partial charge in [-0.15, -0.1) is 0 Å². The van der Waals surface area contributed by atoms with Crippen molar-refractivity contribution in [1.82, 2.24) is 20.1 Å². The van der Waals surface area contributed by atoms with Gasteiger partial charge in [0.15, 0.2) is 4.77 Å². The summed E-state index contributed by atoms with van der Waals surface area (Å²) in [6.45, 7) is 4.60. The fraction of sp³-hybridized carbons (Fsp3) is 0.727. The van der Waals surface area contributed by atoms with Crippen molar-refractivity contribution in [2.24, 2.45) is 0 Å². The highest BCUT2D eigenvalue weighted by Crippen LogP contribution is 2.39. The summed E-state index contributed by atoms with van der Waals surface area (Å²) in [5.74, 6) is 1.41. The SMILES string of the molecule is CCCNC(=O)C(C)n1c(C2CC2)n[nH]c1=S. The Kier molecular flexibility index (Phi) is 3.61. The number of rotatable bonds is 5. The van der Waals surface area contributed by atoms with Gasteiger partial charge in [0, 0.05) is 12.5 Å². The van der Waals surface area contributed by atoms with E-state index in [2.05, 4.69) is 15.5 Å². The van der Waals surface area contributed by atoms with Crippen LogP contribution in [0.1, 0.15) is 50.9 Å². The Morgan fingerprint density at radius 2 is 2.41 bits per heavy atom. The van der Waals surface area contributed by atoms with Crippen LogP contribution in [0.25, 0.3) is 0 Å². The maximum absolute atomic E-state index is 11.9. The molecule has 17 heavy (non-hydrogen) atoms. The summed E-state index contributed by atoms with van der Waals surface area (Å²) in [7, 11) is 0. The number of amides is 1. The van der Waals surface area contributed by atoms with Gasteiger partial charge in [0.1, 0.15) is 11.9 Å². The molecular formula is C11H18N4OS. The highest BCUT2D eigenvalue weighted by molar-refractivity contribution is 7.71. The van der Waals surface area contributed by atoms with Crippen LogP contribution in [-0.2, 0) is 4.79 Å². The number of H-pyrrole nitrogens is 1. The van der Waals surface area contributed by atoms with Crippen molar-refractivity contribution in [1.29, 1.82) is 0 Å². The fourth-order valence-electron chi connectivity index (χ4n) is 1.83. The number of carbonyl (C=O) groups excluding carboxylic acids is 1. The third-order valence-corrected chi connectivity index (χ3v) is 3.28. The molecule has 0 bridgehead atoms. The molecule has 1 aromatic rings. The number of hydrogen-bond acceptors (Lipinski definition) is 3. The standard InChI is InChI=1S/C11H18N4OS/c1-3-6-12-10(16)7(2)15-9(8-4-5-8)13-14-11(15)17/h7-8H,3-6H2,1-2H3,(H,12,16)(H,14,17). The largest absolute Gasteiger partial charge is 0.354 e. The first-order valence-electron chi connectivity index (χ1n) is 6.09. The number of aromatic nitrogens is 3. The zero-order valence-corrected chi connectivity index (χ0v) is 11.0. The molecule has 1 unspecified atom stereocenters. The number of aromatic amines is 1. The lowest BCUT2D eigenvalue weighted by Gasteiger charge is -2.15. The van der Waals surface area contributed by atoms with Crippen molar-refractivity contribution in [2.45, 2.75) is 45.1 Å². The van der Waals surface area contributed by atoms with Gasteiger partial charge >= 0.3 is 0 Å². The molecule has 0 saturated heterocycles. The molecule has 94 valence electrons. The summed E-state index contributed by atoms with van der Waals surface area (Å²) < 4.78 is 2.38. The first-order valence-corrected chi connectivity index (χ1v) is 6.50. The second-order valence-electron chi connectivity index (χ2n) is 4.50. The van der Waals surface area contributed by atoms with Crippen molar-refractivity contribution in [3.8, 4) is 0 Å². The number of hydrogen-bond donors (Lipinski definition) is 2. The summed E-state index contributed by atoms with van der Waals surface area (Å²) in [6, 6.07) is -0.289. The molecule has 0 spiro atoms. The highest BCUT2D eigenvalue weighted by atomic mass is 32.1. The van der Waals surface area contributed by atoms with Crippen LogP contribution in [0.2, 0.25) is 0 Å². The number of carbonyl (C=O) groups is 1. The third-order valence-electron chi connectivity index (χ3n) is 2.99. The van der Waals surface area contributed by atoms with E-state index in [9.17, 15) is 4.79 Å². The van der Waals surface area contributed by atoms with Crippen LogP contribution < -0.4 is 5.32 Å². The second kappa shape index (κ2) is 5.00. The van der Waals surface area contributed by atoms with Gasteiger partial charge in [0.2, 0.25) is 5.91 Å². The number of nitrogens with zero attached hydrogens (tertiary/aromatic N) is 2. The van der Waals surface area contributed by atoms with Crippen molar-refractivity contribution in [3.05, 3.63) is 10.6 Å². The molecule has 0 aromatic carbocycles. The zero-order chi connectivity index (χ0) is 12.4. The van der Waals surface area contributed by atoms with E-state index < -0.39 is 0 Å². The second-order valence-corrected chi connectivity index (χ2v) is 4.88. The molecule has 1 fully saturated rings. The highest BCUT2D eigenvalue weighted by Gasteiger charge is 2.31. The van der Waals surface area contributed by atoms with Crippen molar-refractivity contribution < 1.29 is 4.79 Å². The van der Waals surface area contributed by atoms with Gasteiger partial charge in [-0.3, -0.25) is 14.5 Å². The van der Waals surface area contributed by atoms with Crippen LogP contribution in [0, 0.1) is 4.77 Å². The topological polar surface area (TPSA) is 62.7 Å². The molecule has 0 aliphatic heterocycles. The quantitative estimate of drug-likeness (QED) is 0.789. The third kappa shape index (κ3) is 2.57.